The van der Waals surface area contributed by atoms with Gasteiger partial charge in [-0.25, -0.2) is 0 Å². The van der Waals surface area contributed by atoms with Crippen molar-refractivity contribution >= 4 is 5.71 Å². The van der Waals surface area contributed by atoms with Gasteiger partial charge in [0.25, 0.3) is 0 Å². The molecule has 1 fully saturated rings. The standard InChI is InChI=1S/C9H18N2O/c1-2-6-11-7-3-4-9(10-12)5-8-11/h12H,2-8H2,1H3. The lowest BCUT2D eigenvalue weighted by molar-refractivity contribution is 0.287. The second kappa shape index (κ2) is 5.14. The van der Waals surface area contributed by atoms with E-state index in [9.17, 15) is 0 Å². The van der Waals surface area contributed by atoms with E-state index in [4.69, 9.17) is 5.21 Å². The number of likely N-dealkylation sites (tertiary alicyclic amines) is 1. The van der Waals surface area contributed by atoms with E-state index < -0.39 is 0 Å². The molecule has 0 aliphatic carbocycles. The summed E-state index contributed by atoms with van der Waals surface area (Å²) in [6, 6.07) is 0. The minimum absolute atomic E-state index is 0.941. The van der Waals surface area contributed by atoms with Gasteiger partial charge < -0.3 is 10.1 Å². The van der Waals surface area contributed by atoms with Crippen molar-refractivity contribution in [2.75, 3.05) is 19.6 Å². The van der Waals surface area contributed by atoms with Crippen LogP contribution in [0.25, 0.3) is 0 Å². The molecule has 0 aromatic rings. The lowest BCUT2D eigenvalue weighted by Crippen LogP contribution is -2.25. The first-order chi connectivity index (χ1) is 5.86. The predicted octanol–water partition coefficient (Wildman–Crippen LogP) is 1.71. The van der Waals surface area contributed by atoms with Gasteiger partial charge in [-0.05, 0) is 32.4 Å². The monoisotopic (exact) mass is 170 g/mol. The Morgan fingerprint density at radius 3 is 2.92 bits per heavy atom. The van der Waals surface area contributed by atoms with E-state index >= 15 is 0 Å². The molecule has 1 N–H and O–H groups in total. The topological polar surface area (TPSA) is 35.8 Å². The second-order valence-corrected chi connectivity index (χ2v) is 3.36. The normalized spacial score (nSPS) is 24.2. The predicted molar refractivity (Wildman–Crippen MR) is 49.8 cm³/mol. The zero-order chi connectivity index (χ0) is 8.81. The summed E-state index contributed by atoms with van der Waals surface area (Å²) in [5, 5.41) is 11.9. The molecular weight excluding hydrogens is 152 g/mol. The lowest BCUT2D eigenvalue weighted by atomic mass is 10.2. The Hall–Kier alpha value is -0.570. The van der Waals surface area contributed by atoms with Crippen molar-refractivity contribution in [3.8, 4) is 0 Å². The van der Waals surface area contributed by atoms with Gasteiger partial charge in [0.1, 0.15) is 0 Å². The minimum Gasteiger partial charge on any atom is -0.411 e. The number of rotatable bonds is 2. The molecule has 0 amide bonds. The summed E-state index contributed by atoms with van der Waals surface area (Å²) in [7, 11) is 0. The van der Waals surface area contributed by atoms with Gasteiger partial charge in [-0.3, -0.25) is 0 Å². The van der Waals surface area contributed by atoms with E-state index in [1.54, 1.807) is 0 Å². The first-order valence-electron chi connectivity index (χ1n) is 4.79. The Kier molecular flexibility index (Phi) is 4.08. The number of oxime groups is 1. The third-order valence-electron chi connectivity index (χ3n) is 2.34. The van der Waals surface area contributed by atoms with Gasteiger partial charge in [0.15, 0.2) is 0 Å². The molecule has 1 aliphatic heterocycles. The van der Waals surface area contributed by atoms with Crippen molar-refractivity contribution in [1.29, 1.82) is 0 Å². The summed E-state index contributed by atoms with van der Waals surface area (Å²) in [6.45, 7) is 5.60. The summed E-state index contributed by atoms with van der Waals surface area (Å²) in [6.07, 6.45) is 4.26. The Morgan fingerprint density at radius 1 is 1.42 bits per heavy atom. The van der Waals surface area contributed by atoms with Crippen LogP contribution >= 0.6 is 0 Å². The van der Waals surface area contributed by atoms with E-state index in [-0.39, 0.29) is 0 Å². The van der Waals surface area contributed by atoms with Gasteiger partial charge >= 0.3 is 0 Å². The zero-order valence-corrected chi connectivity index (χ0v) is 7.79. The maximum absolute atomic E-state index is 8.60. The molecule has 0 aromatic carbocycles. The Morgan fingerprint density at radius 2 is 2.25 bits per heavy atom. The fraction of sp³-hybridized carbons (Fsp3) is 0.889. The highest BCUT2D eigenvalue weighted by molar-refractivity contribution is 5.84. The largest absolute Gasteiger partial charge is 0.411 e. The fourth-order valence-electron chi connectivity index (χ4n) is 1.67. The van der Waals surface area contributed by atoms with Crippen LogP contribution in [0.5, 0.6) is 0 Å². The Bertz CT molecular complexity index is 157. The SMILES string of the molecule is CCCN1CCCC(=NO)CC1. The maximum atomic E-state index is 8.60. The van der Waals surface area contributed by atoms with Crippen LogP contribution in [0.4, 0.5) is 0 Å². The smallest absolute Gasteiger partial charge is 0.0584 e. The van der Waals surface area contributed by atoms with Crippen molar-refractivity contribution in [3.05, 3.63) is 0 Å². The molecule has 0 radical (unpaired) electrons. The fourth-order valence-corrected chi connectivity index (χ4v) is 1.67. The molecule has 1 heterocycles. The highest BCUT2D eigenvalue weighted by Crippen LogP contribution is 2.08. The van der Waals surface area contributed by atoms with E-state index in [0.717, 1.165) is 38.1 Å². The average molecular weight is 170 g/mol. The van der Waals surface area contributed by atoms with Crippen LogP contribution in [-0.2, 0) is 0 Å². The van der Waals surface area contributed by atoms with E-state index in [0.29, 0.717) is 0 Å². The Balaban J connectivity index is 2.34. The molecule has 1 saturated heterocycles. The van der Waals surface area contributed by atoms with Crippen LogP contribution in [0.15, 0.2) is 5.16 Å². The molecule has 0 spiro atoms. The highest BCUT2D eigenvalue weighted by Gasteiger charge is 2.11. The van der Waals surface area contributed by atoms with Gasteiger partial charge in [-0.2, -0.15) is 0 Å². The zero-order valence-electron chi connectivity index (χ0n) is 7.79. The molecule has 0 aromatic heterocycles. The molecule has 1 aliphatic rings. The van der Waals surface area contributed by atoms with Gasteiger partial charge in [0.2, 0.25) is 0 Å². The average Bonchev–Trinajstić information content (AvgIpc) is 2.31. The summed E-state index contributed by atoms with van der Waals surface area (Å²) in [5.74, 6) is 0. The second-order valence-electron chi connectivity index (χ2n) is 3.36. The molecule has 3 nitrogen and oxygen atoms in total. The van der Waals surface area contributed by atoms with Crippen molar-refractivity contribution in [2.45, 2.75) is 32.6 Å². The van der Waals surface area contributed by atoms with E-state index in [1.807, 2.05) is 0 Å². The first kappa shape index (κ1) is 9.52. The molecule has 70 valence electrons. The molecular formula is C9H18N2O. The van der Waals surface area contributed by atoms with Gasteiger partial charge in [0, 0.05) is 13.0 Å². The number of hydrogen-bond acceptors (Lipinski definition) is 3. The van der Waals surface area contributed by atoms with Crippen molar-refractivity contribution in [3.63, 3.8) is 0 Å². The van der Waals surface area contributed by atoms with Crippen LogP contribution in [0.2, 0.25) is 0 Å². The van der Waals surface area contributed by atoms with E-state index in [2.05, 4.69) is 17.0 Å². The third kappa shape index (κ3) is 2.81. The molecule has 3 heteroatoms. The summed E-state index contributed by atoms with van der Waals surface area (Å²) >= 11 is 0. The van der Waals surface area contributed by atoms with Crippen LogP contribution in [0, 0.1) is 0 Å². The van der Waals surface area contributed by atoms with Gasteiger partial charge in [-0.15, -0.1) is 0 Å². The van der Waals surface area contributed by atoms with Crippen molar-refractivity contribution < 1.29 is 5.21 Å². The molecule has 0 bridgehead atoms. The first-order valence-corrected chi connectivity index (χ1v) is 4.79. The highest BCUT2D eigenvalue weighted by atomic mass is 16.4. The summed E-state index contributed by atoms with van der Waals surface area (Å²) < 4.78 is 0. The molecule has 1 rings (SSSR count). The number of hydrogen-bond donors (Lipinski definition) is 1. The summed E-state index contributed by atoms with van der Waals surface area (Å²) in [5.41, 5.74) is 0.966. The third-order valence-corrected chi connectivity index (χ3v) is 2.34. The van der Waals surface area contributed by atoms with Crippen molar-refractivity contribution in [1.82, 2.24) is 4.90 Å². The van der Waals surface area contributed by atoms with E-state index in [1.165, 1.54) is 13.0 Å². The van der Waals surface area contributed by atoms with Gasteiger partial charge in [0.05, 0.1) is 5.71 Å². The summed E-state index contributed by atoms with van der Waals surface area (Å²) in [4.78, 5) is 2.44. The number of nitrogens with zero attached hydrogens (tertiary/aromatic N) is 2. The van der Waals surface area contributed by atoms with Crippen molar-refractivity contribution in [2.24, 2.45) is 5.16 Å². The quantitative estimate of drug-likeness (QED) is 0.506. The van der Waals surface area contributed by atoms with Crippen LogP contribution < -0.4 is 0 Å². The van der Waals surface area contributed by atoms with Crippen LogP contribution in [0.3, 0.4) is 0 Å². The molecule has 12 heavy (non-hydrogen) atoms. The minimum atomic E-state index is 0.941. The lowest BCUT2D eigenvalue weighted by Gasteiger charge is -2.17. The molecule has 0 unspecified atom stereocenters. The molecule has 0 saturated carbocycles. The molecule has 0 atom stereocenters. The van der Waals surface area contributed by atoms with Gasteiger partial charge in [-0.1, -0.05) is 12.1 Å². The van der Waals surface area contributed by atoms with Crippen LogP contribution in [-0.4, -0.2) is 35.5 Å². The Labute approximate surface area is 74.1 Å². The van der Waals surface area contributed by atoms with Crippen LogP contribution in [0.1, 0.15) is 32.6 Å². The maximum Gasteiger partial charge on any atom is 0.0584 e.